The molecule has 4 heteroatoms. The molecule has 0 aliphatic rings. The molecule has 4 nitrogen and oxygen atoms in total. The summed E-state index contributed by atoms with van der Waals surface area (Å²) >= 11 is 0. The molecule has 0 aliphatic heterocycles. The van der Waals surface area contributed by atoms with Crippen LogP contribution in [0.3, 0.4) is 0 Å². The molecule has 0 fully saturated rings. The van der Waals surface area contributed by atoms with Crippen molar-refractivity contribution in [1.82, 2.24) is 9.78 Å². The minimum Gasteiger partial charge on any atom is -0.473 e. The van der Waals surface area contributed by atoms with Gasteiger partial charge in [-0.05, 0) is 26.2 Å². The third-order valence-corrected chi connectivity index (χ3v) is 3.37. The smallest absolute Gasteiger partial charge is 0.236 e. The molecule has 1 aromatic heterocycles. The van der Waals surface area contributed by atoms with Gasteiger partial charge in [0.25, 0.3) is 0 Å². The summed E-state index contributed by atoms with van der Waals surface area (Å²) in [6.07, 6.45) is 8.31. The molecule has 0 amide bonds. The van der Waals surface area contributed by atoms with Gasteiger partial charge in [-0.3, -0.25) is 0 Å². The van der Waals surface area contributed by atoms with Gasteiger partial charge >= 0.3 is 0 Å². The second kappa shape index (κ2) is 8.08. The van der Waals surface area contributed by atoms with Crippen LogP contribution in [0.4, 0.5) is 5.69 Å². The molecule has 0 saturated heterocycles. The summed E-state index contributed by atoms with van der Waals surface area (Å²) in [5, 5.41) is 4.43. The average Bonchev–Trinajstić information content (AvgIpc) is 2.63. The van der Waals surface area contributed by atoms with Crippen molar-refractivity contribution in [2.45, 2.75) is 71.8 Å². The highest BCUT2D eigenvalue weighted by Crippen LogP contribution is 2.27. The molecular weight excluding hydrogens is 238 g/mol. The molecule has 0 aliphatic carbocycles. The maximum atomic E-state index is 6.11. The van der Waals surface area contributed by atoms with Gasteiger partial charge < -0.3 is 10.5 Å². The first-order valence-corrected chi connectivity index (χ1v) is 7.58. The topological polar surface area (TPSA) is 53.1 Å². The van der Waals surface area contributed by atoms with E-state index in [1.165, 1.54) is 25.7 Å². The van der Waals surface area contributed by atoms with Gasteiger partial charge in [-0.25, -0.2) is 4.68 Å². The zero-order valence-corrected chi connectivity index (χ0v) is 12.9. The Morgan fingerprint density at radius 1 is 1.21 bits per heavy atom. The van der Waals surface area contributed by atoms with E-state index >= 15 is 0 Å². The zero-order chi connectivity index (χ0) is 14.3. The summed E-state index contributed by atoms with van der Waals surface area (Å²) in [7, 11) is 1.90. The third kappa shape index (κ3) is 4.77. The Morgan fingerprint density at radius 3 is 2.58 bits per heavy atom. The molecule has 19 heavy (non-hydrogen) atoms. The Balaban J connectivity index is 2.51. The number of rotatable bonds is 9. The van der Waals surface area contributed by atoms with E-state index in [0.717, 1.165) is 30.8 Å². The molecular formula is C15H29N3O. The molecule has 110 valence electrons. The van der Waals surface area contributed by atoms with E-state index in [-0.39, 0.29) is 6.10 Å². The second-order valence-electron chi connectivity index (χ2n) is 5.32. The van der Waals surface area contributed by atoms with Gasteiger partial charge in [0.15, 0.2) is 0 Å². The fraction of sp³-hybridized carbons (Fsp3) is 0.800. The lowest BCUT2D eigenvalue weighted by molar-refractivity contribution is 0.190. The van der Waals surface area contributed by atoms with Crippen LogP contribution in [0.25, 0.3) is 0 Å². The lowest BCUT2D eigenvalue weighted by Gasteiger charge is -2.15. The van der Waals surface area contributed by atoms with E-state index in [1.54, 1.807) is 4.68 Å². The number of nitrogens with zero attached hydrogens (tertiary/aromatic N) is 2. The first kappa shape index (κ1) is 15.9. The molecule has 0 radical (unpaired) electrons. The van der Waals surface area contributed by atoms with Crippen molar-refractivity contribution in [3.05, 3.63) is 5.69 Å². The number of anilines is 1. The van der Waals surface area contributed by atoms with Crippen molar-refractivity contribution in [3.8, 4) is 5.88 Å². The van der Waals surface area contributed by atoms with Crippen LogP contribution < -0.4 is 10.5 Å². The van der Waals surface area contributed by atoms with E-state index in [9.17, 15) is 0 Å². The van der Waals surface area contributed by atoms with Crippen molar-refractivity contribution < 1.29 is 4.74 Å². The molecule has 1 aromatic rings. The van der Waals surface area contributed by atoms with Crippen molar-refractivity contribution in [2.75, 3.05) is 5.73 Å². The Labute approximate surface area is 117 Å². The number of unbranched alkanes of at least 4 members (excludes halogenated alkanes) is 3. The van der Waals surface area contributed by atoms with Gasteiger partial charge in [-0.15, -0.1) is 0 Å². The SMILES string of the molecule is CCCCCCC(C)Oc1c(N)c(CCC)nn1C. The van der Waals surface area contributed by atoms with E-state index < -0.39 is 0 Å². The maximum absolute atomic E-state index is 6.11. The normalized spacial score (nSPS) is 12.6. The van der Waals surface area contributed by atoms with Crippen molar-refractivity contribution in [3.63, 3.8) is 0 Å². The minimum atomic E-state index is 0.198. The first-order chi connectivity index (χ1) is 9.10. The second-order valence-corrected chi connectivity index (χ2v) is 5.32. The molecule has 1 heterocycles. The van der Waals surface area contributed by atoms with Crippen molar-refractivity contribution in [1.29, 1.82) is 0 Å². The number of hydrogen-bond donors (Lipinski definition) is 1. The summed E-state index contributed by atoms with van der Waals surface area (Å²) in [4.78, 5) is 0. The van der Waals surface area contributed by atoms with Gasteiger partial charge in [0.2, 0.25) is 5.88 Å². The van der Waals surface area contributed by atoms with Crippen LogP contribution in [-0.4, -0.2) is 15.9 Å². The standard InChI is InChI=1S/C15H29N3O/c1-5-7-8-9-11-12(3)19-15-14(16)13(10-6-2)17-18(15)4/h12H,5-11,16H2,1-4H3. The van der Waals surface area contributed by atoms with Crippen LogP contribution in [0.5, 0.6) is 5.88 Å². The number of nitrogen functional groups attached to an aromatic ring is 1. The van der Waals surface area contributed by atoms with Crippen molar-refractivity contribution in [2.24, 2.45) is 7.05 Å². The van der Waals surface area contributed by atoms with Crippen LogP contribution in [0, 0.1) is 0 Å². The van der Waals surface area contributed by atoms with Gasteiger partial charge in [0.1, 0.15) is 5.69 Å². The predicted octanol–water partition coefficient (Wildman–Crippen LogP) is 3.69. The fourth-order valence-electron chi connectivity index (χ4n) is 2.25. The summed E-state index contributed by atoms with van der Waals surface area (Å²) in [6.45, 7) is 6.47. The van der Waals surface area contributed by atoms with Crippen LogP contribution in [-0.2, 0) is 13.5 Å². The van der Waals surface area contributed by atoms with Crippen LogP contribution in [0.2, 0.25) is 0 Å². The molecule has 1 atom stereocenters. The molecule has 1 unspecified atom stereocenters. The zero-order valence-electron chi connectivity index (χ0n) is 12.9. The monoisotopic (exact) mass is 267 g/mol. The van der Waals surface area contributed by atoms with Crippen LogP contribution >= 0.6 is 0 Å². The Hall–Kier alpha value is -1.19. The summed E-state index contributed by atoms with van der Waals surface area (Å²) < 4.78 is 7.73. The van der Waals surface area contributed by atoms with Gasteiger partial charge in [-0.2, -0.15) is 5.10 Å². The Morgan fingerprint density at radius 2 is 1.95 bits per heavy atom. The highest BCUT2D eigenvalue weighted by molar-refractivity contribution is 5.53. The predicted molar refractivity (Wildman–Crippen MR) is 80.5 cm³/mol. The molecule has 1 rings (SSSR count). The van der Waals surface area contributed by atoms with Crippen molar-refractivity contribution >= 4 is 5.69 Å². The number of aromatic nitrogens is 2. The quantitative estimate of drug-likeness (QED) is 0.694. The van der Waals surface area contributed by atoms with Gasteiger partial charge in [0.05, 0.1) is 11.8 Å². The molecule has 2 N–H and O–H groups in total. The third-order valence-electron chi connectivity index (χ3n) is 3.37. The van der Waals surface area contributed by atoms with Crippen LogP contribution in [0.15, 0.2) is 0 Å². The summed E-state index contributed by atoms with van der Waals surface area (Å²) in [5.41, 5.74) is 7.78. The Bertz CT molecular complexity index is 374. The number of ether oxygens (including phenoxy) is 1. The first-order valence-electron chi connectivity index (χ1n) is 7.58. The largest absolute Gasteiger partial charge is 0.473 e. The van der Waals surface area contributed by atoms with Crippen LogP contribution in [0.1, 0.15) is 65.0 Å². The molecule has 0 saturated carbocycles. The van der Waals surface area contributed by atoms with Gasteiger partial charge in [-0.1, -0.05) is 39.5 Å². The molecule has 0 spiro atoms. The number of hydrogen-bond acceptors (Lipinski definition) is 3. The van der Waals surface area contributed by atoms with Gasteiger partial charge in [0, 0.05) is 7.05 Å². The molecule has 0 aromatic carbocycles. The summed E-state index contributed by atoms with van der Waals surface area (Å²) in [6, 6.07) is 0. The Kier molecular flexibility index (Phi) is 6.74. The molecule has 0 bridgehead atoms. The summed E-state index contributed by atoms with van der Waals surface area (Å²) in [5.74, 6) is 0.728. The van der Waals surface area contributed by atoms with E-state index in [2.05, 4.69) is 25.9 Å². The lowest BCUT2D eigenvalue weighted by atomic mass is 10.1. The minimum absolute atomic E-state index is 0.198. The van der Waals surface area contributed by atoms with E-state index in [1.807, 2.05) is 7.05 Å². The fourth-order valence-corrected chi connectivity index (χ4v) is 2.25. The maximum Gasteiger partial charge on any atom is 0.236 e. The lowest BCUT2D eigenvalue weighted by Crippen LogP contribution is -2.14. The average molecular weight is 267 g/mol. The van der Waals surface area contributed by atoms with E-state index in [0.29, 0.717) is 5.69 Å². The number of nitrogens with two attached hydrogens (primary N) is 1. The van der Waals surface area contributed by atoms with E-state index in [4.69, 9.17) is 10.5 Å². The highest BCUT2D eigenvalue weighted by atomic mass is 16.5. The number of aryl methyl sites for hydroxylation is 2. The highest BCUT2D eigenvalue weighted by Gasteiger charge is 2.16.